The first-order valence-corrected chi connectivity index (χ1v) is 4.39. The van der Waals surface area contributed by atoms with E-state index < -0.39 is 11.9 Å². The van der Waals surface area contributed by atoms with Crippen molar-refractivity contribution in [2.75, 3.05) is 0 Å². The van der Waals surface area contributed by atoms with Gasteiger partial charge in [-0.05, 0) is 0 Å². The Morgan fingerprint density at radius 3 is 2.79 bits per heavy atom. The van der Waals surface area contributed by atoms with Crippen LogP contribution in [0.4, 0.5) is 13.2 Å². The number of imidazole rings is 1. The van der Waals surface area contributed by atoms with E-state index in [0.29, 0.717) is 6.29 Å². The second kappa shape index (κ2) is 2.81. The molecule has 0 saturated carbocycles. The van der Waals surface area contributed by atoms with Crippen LogP contribution in [0.25, 0.3) is 4.83 Å². The Labute approximate surface area is 79.8 Å². The van der Waals surface area contributed by atoms with Gasteiger partial charge in [0.05, 0.1) is 0 Å². The zero-order chi connectivity index (χ0) is 10.3. The summed E-state index contributed by atoms with van der Waals surface area (Å²) in [6, 6.07) is 0. The number of rotatable bonds is 1. The summed E-state index contributed by atoms with van der Waals surface area (Å²) >= 11 is 0.848. The lowest BCUT2D eigenvalue weighted by atomic mass is 10.5. The van der Waals surface area contributed by atoms with Crippen LogP contribution in [-0.2, 0) is 6.18 Å². The van der Waals surface area contributed by atoms with E-state index in [2.05, 4.69) is 4.98 Å². The molecular weight excluding hydrogens is 217 g/mol. The fourth-order valence-electron chi connectivity index (χ4n) is 1.09. The summed E-state index contributed by atoms with van der Waals surface area (Å²) in [6.45, 7) is 0. The molecule has 0 atom stereocenters. The number of halogens is 3. The van der Waals surface area contributed by atoms with Gasteiger partial charge in [0.2, 0.25) is 0 Å². The summed E-state index contributed by atoms with van der Waals surface area (Å²) in [5, 5.41) is 0.962. The van der Waals surface area contributed by atoms with E-state index in [0.717, 1.165) is 27.4 Å². The van der Waals surface area contributed by atoms with Gasteiger partial charge in [-0.1, -0.05) is 0 Å². The maximum Gasteiger partial charge on any atom is 0.432 e. The molecule has 2 aromatic heterocycles. The first kappa shape index (κ1) is 9.20. The molecule has 2 rings (SSSR count). The fourth-order valence-corrected chi connectivity index (χ4v) is 2.04. The predicted octanol–water partition coefficient (Wildman–Crippen LogP) is 2.23. The Morgan fingerprint density at radius 1 is 1.50 bits per heavy atom. The SMILES string of the molecule is O=Cc1ncn2c(C(F)(F)F)csc12. The van der Waals surface area contributed by atoms with Gasteiger partial charge in [0.25, 0.3) is 0 Å². The lowest BCUT2D eigenvalue weighted by Gasteiger charge is -2.02. The van der Waals surface area contributed by atoms with Crippen molar-refractivity contribution in [3.63, 3.8) is 0 Å². The van der Waals surface area contributed by atoms with Crippen LogP contribution in [0.15, 0.2) is 11.7 Å². The highest BCUT2D eigenvalue weighted by molar-refractivity contribution is 7.16. The van der Waals surface area contributed by atoms with Crippen LogP contribution >= 0.6 is 11.3 Å². The quantitative estimate of drug-likeness (QED) is 0.690. The summed E-state index contributed by atoms with van der Waals surface area (Å²) in [6.07, 6.45) is -2.98. The lowest BCUT2D eigenvalue weighted by molar-refractivity contribution is -0.141. The van der Waals surface area contributed by atoms with Crippen molar-refractivity contribution in [2.45, 2.75) is 6.18 Å². The molecule has 0 unspecified atom stereocenters. The molecule has 0 aliphatic carbocycles. The molecule has 0 amide bonds. The molecule has 74 valence electrons. The van der Waals surface area contributed by atoms with Gasteiger partial charge in [0.1, 0.15) is 22.5 Å². The lowest BCUT2D eigenvalue weighted by Crippen LogP contribution is -2.07. The molecule has 0 N–H and O–H groups in total. The average Bonchev–Trinajstić information content (AvgIpc) is 2.59. The van der Waals surface area contributed by atoms with Gasteiger partial charge in [0.15, 0.2) is 6.29 Å². The number of fused-ring (bicyclic) bond motifs is 1. The van der Waals surface area contributed by atoms with Gasteiger partial charge in [-0.15, -0.1) is 11.3 Å². The molecular formula is C7H3F3N2OS. The Balaban J connectivity index is 2.71. The van der Waals surface area contributed by atoms with Gasteiger partial charge in [0, 0.05) is 5.38 Å². The van der Waals surface area contributed by atoms with Crippen molar-refractivity contribution >= 4 is 22.5 Å². The Kier molecular flexibility index (Phi) is 1.84. The maximum absolute atomic E-state index is 12.3. The first-order chi connectivity index (χ1) is 6.54. The van der Waals surface area contributed by atoms with E-state index in [1.807, 2.05) is 0 Å². The highest BCUT2D eigenvalue weighted by Crippen LogP contribution is 2.33. The van der Waals surface area contributed by atoms with Gasteiger partial charge in [-0.25, -0.2) is 4.98 Å². The summed E-state index contributed by atoms with van der Waals surface area (Å²) in [7, 11) is 0. The number of aromatic nitrogens is 2. The minimum atomic E-state index is -4.42. The van der Waals surface area contributed by atoms with Crippen molar-refractivity contribution in [3.8, 4) is 0 Å². The Morgan fingerprint density at radius 2 is 2.21 bits per heavy atom. The van der Waals surface area contributed by atoms with Gasteiger partial charge >= 0.3 is 6.18 Å². The number of nitrogens with zero attached hydrogens (tertiary/aromatic N) is 2. The Hall–Kier alpha value is -1.37. The molecule has 14 heavy (non-hydrogen) atoms. The molecule has 0 radical (unpaired) electrons. The minimum Gasteiger partial charge on any atom is -0.296 e. The monoisotopic (exact) mass is 220 g/mol. The standard InChI is InChI=1S/C7H3F3N2OS/c8-7(9,10)5-2-14-6-4(1-13)11-3-12(5)6/h1-3H. The number of carbonyl (C=O) groups is 1. The summed E-state index contributed by atoms with van der Waals surface area (Å²) in [4.78, 5) is 14.2. The first-order valence-electron chi connectivity index (χ1n) is 3.51. The highest BCUT2D eigenvalue weighted by Gasteiger charge is 2.34. The van der Waals surface area contributed by atoms with Crippen LogP contribution in [0, 0.1) is 0 Å². The molecule has 0 aliphatic heterocycles. The van der Waals surface area contributed by atoms with Crippen LogP contribution in [0.1, 0.15) is 16.2 Å². The molecule has 0 aromatic carbocycles. The summed E-state index contributed by atoms with van der Waals surface area (Å²) in [5.74, 6) is 0. The molecule has 2 aromatic rings. The highest BCUT2D eigenvalue weighted by atomic mass is 32.1. The smallest absolute Gasteiger partial charge is 0.296 e. The summed E-state index contributed by atoms with van der Waals surface area (Å²) in [5.41, 5.74) is -0.774. The Bertz CT molecular complexity index is 485. The van der Waals surface area contributed by atoms with Crippen molar-refractivity contribution in [3.05, 3.63) is 23.1 Å². The second-order valence-electron chi connectivity index (χ2n) is 2.54. The van der Waals surface area contributed by atoms with Gasteiger partial charge in [-0.2, -0.15) is 13.2 Å². The van der Waals surface area contributed by atoms with Crippen molar-refractivity contribution in [2.24, 2.45) is 0 Å². The third kappa shape index (κ3) is 1.20. The van der Waals surface area contributed by atoms with Gasteiger partial charge < -0.3 is 0 Å². The number of thiazole rings is 1. The molecule has 0 aliphatic rings. The van der Waals surface area contributed by atoms with E-state index in [9.17, 15) is 18.0 Å². The summed E-state index contributed by atoms with van der Waals surface area (Å²) < 4.78 is 37.9. The van der Waals surface area contributed by atoms with Crippen molar-refractivity contribution in [1.82, 2.24) is 9.38 Å². The van der Waals surface area contributed by atoms with E-state index in [4.69, 9.17) is 0 Å². The number of hydrogen-bond donors (Lipinski definition) is 0. The molecule has 0 spiro atoms. The second-order valence-corrected chi connectivity index (χ2v) is 3.40. The number of carbonyl (C=O) groups excluding carboxylic acids is 1. The van der Waals surface area contributed by atoms with Crippen LogP contribution in [0.3, 0.4) is 0 Å². The molecule has 2 heterocycles. The topological polar surface area (TPSA) is 34.4 Å². The normalized spacial score (nSPS) is 12.2. The number of aldehydes is 1. The molecule has 0 bridgehead atoms. The number of hydrogen-bond acceptors (Lipinski definition) is 3. The largest absolute Gasteiger partial charge is 0.432 e. The third-order valence-corrected chi connectivity index (χ3v) is 2.66. The van der Waals surface area contributed by atoms with E-state index >= 15 is 0 Å². The van der Waals surface area contributed by atoms with Crippen molar-refractivity contribution in [1.29, 1.82) is 0 Å². The molecule has 7 heteroatoms. The number of alkyl halides is 3. The fraction of sp³-hybridized carbons (Fsp3) is 0.143. The zero-order valence-electron chi connectivity index (χ0n) is 6.58. The zero-order valence-corrected chi connectivity index (χ0v) is 7.39. The van der Waals surface area contributed by atoms with Crippen molar-refractivity contribution < 1.29 is 18.0 Å². The van der Waals surface area contributed by atoms with Crippen LogP contribution in [-0.4, -0.2) is 15.7 Å². The van der Waals surface area contributed by atoms with Gasteiger partial charge in [-0.3, -0.25) is 9.20 Å². The molecule has 0 fully saturated rings. The third-order valence-electron chi connectivity index (χ3n) is 1.69. The van der Waals surface area contributed by atoms with E-state index in [1.54, 1.807) is 0 Å². The molecule has 0 saturated heterocycles. The molecule has 3 nitrogen and oxygen atoms in total. The predicted molar refractivity (Wildman–Crippen MR) is 43.5 cm³/mol. The van der Waals surface area contributed by atoms with E-state index in [1.165, 1.54) is 0 Å². The van der Waals surface area contributed by atoms with Crippen LogP contribution in [0.2, 0.25) is 0 Å². The van der Waals surface area contributed by atoms with E-state index in [-0.39, 0.29) is 10.5 Å². The average molecular weight is 220 g/mol. The minimum absolute atomic E-state index is 0.0329. The van der Waals surface area contributed by atoms with Crippen LogP contribution < -0.4 is 0 Å². The van der Waals surface area contributed by atoms with Crippen LogP contribution in [0.5, 0.6) is 0 Å². The maximum atomic E-state index is 12.3.